The summed E-state index contributed by atoms with van der Waals surface area (Å²) in [7, 11) is 0. The van der Waals surface area contributed by atoms with Crippen molar-refractivity contribution in [3.05, 3.63) is 29.3 Å². The molecule has 3 nitrogen and oxygen atoms in total. The molecule has 0 unspecified atom stereocenters. The van der Waals surface area contributed by atoms with Crippen molar-refractivity contribution in [2.24, 2.45) is 5.16 Å². The van der Waals surface area contributed by atoms with Crippen LogP contribution in [0.1, 0.15) is 0 Å². The molecule has 0 amide bonds. The van der Waals surface area contributed by atoms with Gasteiger partial charge in [-0.1, -0.05) is 11.6 Å². The Morgan fingerprint density at radius 2 is 2.00 bits per heavy atom. The number of halogens is 1. The molecule has 0 spiro atoms. The quantitative estimate of drug-likeness (QED) is 0.386. The zero-order valence-electron chi connectivity index (χ0n) is 5.45. The molecule has 0 fully saturated rings. The number of nitrogens with zero attached hydrogens (tertiary/aromatic N) is 1. The Morgan fingerprint density at radius 3 is 2.55 bits per heavy atom. The second kappa shape index (κ2) is 3.76. The summed E-state index contributed by atoms with van der Waals surface area (Å²) in [6.07, 6.45) is 1.25. The molecule has 0 aromatic heterocycles. The first-order valence-corrected chi connectivity index (χ1v) is 3.20. The van der Waals surface area contributed by atoms with Gasteiger partial charge in [0, 0.05) is 10.2 Å². The maximum absolute atomic E-state index is 9.60. The maximum Gasteiger partial charge on any atom is 0.277 e. The minimum atomic E-state index is 0.456. The summed E-state index contributed by atoms with van der Waals surface area (Å²) in [6.45, 7) is 0. The van der Waals surface area contributed by atoms with Crippen LogP contribution in [-0.2, 0) is 4.79 Å². The van der Waals surface area contributed by atoms with Gasteiger partial charge in [0.15, 0.2) is 5.75 Å². The van der Waals surface area contributed by atoms with Crippen LogP contribution in [0.2, 0.25) is 5.02 Å². The van der Waals surface area contributed by atoms with E-state index in [1.807, 2.05) is 0 Å². The minimum absolute atomic E-state index is 0.456. The first-order valence-electron chi connectivity index (χ1n) is 2.82. The molecule has 0 aliphatic carbocycles. The maximum atomic E-state index is 9.60. The van der Waals surface area contributed by atoms with E-state index in [2.05, 4.69) is 9.99 Å². The first kappa shape index (κ1) is 7.79. The number of rotatable bonds is 2. The van der Waals surface area contributed by atoms with Gasteiger partial charge in [-0.25, -0.2) is 4.79 Å². The molecule has 4 heteroatoms. The van der Waals surface area contributed by atoms with Gasteiger partial charge in [-0.3, -0.25) is 0 Å². The van der Waals surface area contributed by atoms with Gasteiger partial charge in [0.1, 0.15) is 0 Å². The summed E-state index contributed by atoms with van der Waals surface area (Å²) in [6, 6.07) is 6.47. The van der Waals surface area contributed by atoms with Crippen molar-refractivity contribution in [1.82, 2.24) is 0 Å². The lowest BCUT2D eigenvalue weighted by molar-refractivity contribution is 0.337. The zero-order chi connectivity index (χ0) is 8.10. The third kappa shape index (κ3) is 2.42. The molecule has 11 heavy (non-hydrogen) atoms. The summed E-state index contributed by atoms with van der Waals surface area (Å²) in [5.74, 6) is 0.456. The van der Waals surface area contributed by atoms with E-state index in [0.717, 1.165) is 0 Å². The largest absolute Gasteiger partial charge is 0.346 e. The standard InChI is InChI=1S/C7H4ClNO2/c8-6-1-3-7(4-2-6)11-9-5-10/h1-4H. The minimum Gasteiger partial charge on any atom is -0.346 e. The number of hydrogen-bond acceptors (Lipinski definition) is 3. The Hall–Kier alpha value is -1.31. The van der Waals surface area contributed by atoms with Crippen LogP contribution in [0.25, 0.3) is 0 Å². The van der Waals surface area contributed by atoms with Crippen molar-refractivity contribution in [3.8, 4) is 5.75 Å². The molecule has 0 bridgehead atoms. The van der Waals surface area contributed by atoms with Gasteiger partial charge in [0.2, 0.25) is 0 Å². The Bertz CT molecular complexity index is 277. The fraction of sp³-hybridized carbons (Fsp3) is 0. The van der Waals surface area contributed by atoms with Crippen molar-refractivity contribution < 1.29 is 9.63 Å². The molecule has 0 radical (unpaired) electrons. The van der Waals surface area contributed by atoms with E-state index in [4.69, 9.17) is 11.6 Å². The van der Waals surface area contributed by atoms with Crippen LogP contribution >= 0.6 is 11.6 Å². The van der Waals surface area contributed by atoms with Gasteiger partial charge in [-0.05, 0) is 24.3 Å². The third-order valence-electron chi connectivity index (χ3n) is 1.00. The molecular weight excluding hydrogens is 166 g/mol. The summed E-state index contributed by atoms with van der Waals surface area (Å²) in [5.41, 5.74) is 0. The Labute approximate surface area is 68.2 Å². The predicted molar refractivity (Wildman–Crippen MR) is 40.2 cm³/mol. The molecule has 0 saturated carbocycles. The molecule has 0 heterocycles. The van der Waals surface area contributed by atoms with Crippen molar-refractivity contribution in [2.45, 2.75) is 0 Å². The van der Waals surface area contributed by atoms with E-state index < -0.39 is 0 Å². The van der Waals surface area contributed by atoms with Gasteiger partial charge < -0.3 is 4.84 Å². The fourth-order valence-electron chi connectivity index (χ4n) is 0.567. The van der Waals surface area contributed by atoms with Crippen molar-refractivity contribution in [2.75, 3.05) is 0 Å². The van der Waals surface area contributed by atoms with Crippen LogP contribution in [-0.4, -0.2) is 6.08 Å². The van der Waals surface area contributed by atoms with Crippen molar-refractivity contribution >= 4 is 17.7 Å². The monoisotopic (exact) mass is 169 g/mol. The van der Waals surface area contributed by atoms with Gasteiger partial charge in [0.05, 0.1) is 0 Å². The van der Waals surface area contributed by atoms with Crippen LogP contribution in [0.15, 0.2) is 29.4 Å². The molecule has 1 rings (SSSR count). The fourth-order valence-corrected chi connectivity index (χ4v) is 0.693. The van der Waals surface area contributed by atoms with Crippen LogP contribution in [0, 0.1) is 0 Å². The summed E-state index contributed by atoms with van der Waals surface area (Å²) in [4.78, 5) is 14.2. The highest BCUT2D eigenvalue weighted by atomic mass is 35.5. The average Bonchev–Trinajstić information content (AvgIpc) is 2.04. The van der Waals surface area contributed by atoms with Crippen molar-refractivity contribution in [3.63, 3.8) is 0 Å². The van der Waals surface area contributed by atoms with Crippen LogP contribution in [0.3, 0.4) is 0 Å². The van der Waals surface area contributed by atoms with E-state index in [9.17, 15) is 4.79 Å². The van der Waals surface area contributed by atoms with Gasteiger partial charge in [-0.2, -0.15) is 0 Å². The lowest BCUT2D eigenvalue weighted by Crippen LogP contribution is -1.79. The van der Waals surface area contributed by atoms with Gasteiger partial charge >= 0.3 is 0 Å². The summed E-state index contributed by atoms with van der Waals surface area (Å²) >= 11 is 5.58. The Kier molecular flexibility index (Phi) is 2.66. The van der Waals surface area contributed by atoms with Crippen LogP contribution in [0.4, 0.5) is 0 Å². The Balaban J connectivity index is 2.73. The van der Waals surface area contributed by atoms with Gasteiger partial charge in [-0.15, -0.1) is 0 Å². The average molecular weight is 170 g/mol. The summed E-state index contributed by atoms with van der Waals surface area (Å²) < 4.78 is 0. The van der Waals surface area contributed by atoms with Gasteiger partial charge in [0.25, 0.3) is 6.08 Å². The molecule has 0 atom stereocenters. The molecule has 0 aliphatic heterocycles. The first-order chi connectivity index (χ1) is 5.33. The second-order valence-electron chi connectivity index (χ2n) is 1.73. The SMILES string of the molecule is O=C=NOc1ccc(Cl)cc1. The highest BCUT2D eigenvalue weighted by molar-refractivity contribution is 6.30. The number of benzene rings is 1. The molecular formula is C7H4ClNO2. The number of carbonyl (C=O) groups excluding carboxylic acids is 1. The highest BCUT2D eigenvalue weighted by Gasteiger charge is 1.90. The van der Waals surface area contributed by atoms with Crippen LogP contribution < -0.4 is 4.84 Å². The molecule has 0 saturated heterocycles. The van der Waals surface area contributed by atoms with E-state index in [-0.39, 0.29) is 0 Å². The number of hydrogen-bond donors (Lipinski definition) is 0. The normalized spacial score (nSPS) is 8.45. The zero-order valence-corrected chi connectivity index (χ0v) is 6.21. The molecule has 1 aromatic carbocycles. The van der Waals surface area contributed by atoms with E-state index in [1.54, 1.807) is 24.3 Å². The lowest BCUT2D eigenvalue weighted by atomic mass is 10.3. The Morgan fingerprint density at radius 1 is 1.36 bits per heavy atom. The molecule has 1 aromatic rings. The van der Waals surface area contributed by atoms with E-state index in [0.29, 0.717) is 10.8 Å². The second-order valence-corrected chi connectivity index (χ2v) is 2.16. The smallest absolute Gasteiger partial charge is 0.277 e. The third-order valence-corrected chi connectivity index (χ3v) is 1.25. The van der Waals surface area contributed by atoms with E-state index >= 15 is 0 Å². The molecule has 0 aliphatic rings. The molecule has 56 valence electrons. The highest BCUT2D eigenvalue weighted by Crippen LogP contribution is 2.15. The predicted octanol–water partition coefficient (Wildman–Crippen LogP) is 1.97. The lowest BCUT2D eigenvalue weighted by Gasteiger charge is -1.93. The molecule has 0 N–H and O–H groups in total. The summed E-state index contributed by atoms with van der Waals surface area (Å²) in [5, 5.41) is 3.53. The topological polar surface area (TPSA) is 38.7 Å². The van der Waals surface area contributed by atoms with Crippen LogP contribution in [0.5, 0.6) is 5.75 Å². The van der Waals surface area contributed by atoms with Crippen molar-refractivity contribution in [1.29, 1.82) is 0 Å². The van der Waals surface area contributed by atoms with E-state index in [1.165, 1.54) is 6.08 Å². The number of isocyanates is 1.